The van der Waals surface area contributed by atoms with Gasteiger partial charge in [-0.05, 0) is 5.92 Å². The van der Waals surface area contributed by atoms with E-state index >= 15 is 0 Å². The third kappa shape index (κ3) is 2.89. The molecule has 1 amide bonds. The smallest absolute Gasteiger partial charge is 0.339 e. The molecule has 0 radical (unpaired) electrons. The van der Waals surface area contributed by atoms with Crippen LogP contribution >= 0.6 is 0 Å². The van der Waals surface area contributed by atoms with Gasteiger partial charge in [0.1, 0.15) is 5.56 Å². The molecule has 0 heterocycles. The van der Waals surface area contributed by atoms with E-state index in [0.717, 1.165) is 0 Å². The average molecular weight is 293 g/mol. The number of hydrogen-bond donors (Lipinski definition) is 2. The first kappa shape index (κ1) is 15.9. The fraction of sp³-hybridized carbons (Fsp3) is 0.333. The van der Waals surface area contributed by atoms with E-state index in [1.807, 2.05) is 0 Å². The Morgan fingerprint density at radius 1 is 1.00 bits per heavy atom. The van der Waals surface area contributed by atoms with Gasteiger partial charge in [-0.15, -0.1) is 0 Å². The summed E-state index contributed by atoms with van der Waals surface area (Å²) in [6, 6.07) is 0. The van der Waals surface area contributed by atoms with Gasteiger partial charge < -0.3 is 10.4 Å². The van der Waals surface area contributed by atoms with Gasteiger partial charge in [-0.3, -0.25) is 4.79 Å². The number of carbonyl (C=O) groups is 2. The fourth-order valence-corrected chi connectivity index (χ4v) is 1.43. The highest BCUT2D eigenvalue weighted by Crippen LogP contribution is 2.24. The van der Waals surface area contributed by atoms with Crippen molar-refractivity contribution < 1.29 is 32.3 Å². The molecule has 0 bridgehead atoms. The minimum absolute atomic E-state index is 0.0257. The normalized spacial score (nSPS) is 10.8. The molecule has 1 aromatic rings. The molecule has 0 fully saturated rings. The van der Waals surface area contributed by atoms with Gasteiger partial charge in [0, 0.05) is 6.54 Å². The lowest BCUT2D eigenvalue weighted by Gasteiger charge is -2.12. The first-order chi connectivity index (χ1) is 9.18. The molecule has 0 aliphatic carbocycles. The maximum absolute atomic E-state index is 13.5. The van der Waals surface area contributed by atoms with E-state index in [2.05, 4.69) is 5.32 Å². The Labute approximate surface area is 111 Å². The molecule has 0 atom stereocenters. The highest BCUT2D eigenvalue weighted by atomic mass is 19.2. The number of hydrogen-bond acceptors (Lipinski definition) is 2. The van der Waals surface area contributed by atoms with Crippen LogP contribution in [0.3, 0.4) is 0 Å². The highest BCUT2D eigenvalue weighted by Gasteiger charge is 2.32. The average Bonchev–Trinajstić information content (AvgIpc) is 2.36. The van der Waals surface area contributed by atoms with Crippen LogP contribution in [0.4, 0.5) is 17.6 Å². The van der Waals surface area contributed by atoms with Crippen molar-refractivity contribution in [2.75, 3.05) is 6.54 Å². The fourth-order valence-electron chi connectivity index (χ4n) is 1.43. The maximum Gasteiger partial charge on any atom is 0.339 e. The zero-order valence-corrected chi connectivity index (χ0v) is 10.6. The maximum atomic E-state index is 13.5. The second-order valence-electron chi connectivity index (χ2n) is 4.41. The Hall–Kier alpha value is -2.12. The zero-order valence-electron chi connectivity index (χ0n) is 10.6. The lowest BCUT2D eigenvalue weighted by Crippen LogP contribution is -2.31. The van der Waals surface area contributed by atoms with Crippen molar-refractivity contribution in [3.8, 4) is 0 Å². The van der Waals surface area contributed by atoms with E-state index < -0.39 is 46.3 Å². The molecule has 1 rings (SSSR count). The minimum atomic E-state index is -2.28. The van der Waals surface area contributed by atoms with E-state index in [0.29, 0.717) is 0 Å². The molecule has 110 valence electrons. The summed E-state index contributed by atoms with van der Waals surface area (Å²) >= 11 is 0. The zero-order chi connectivity index (χ0) is 15.6. The van der Waals surface area contributed by atoms with Crippen LogP contribution in [0.5, 0.6) is 0 Å². The quantitative estimate of drug-likeness (QED) is 0.508. The number of rotatable bonds is 4. The van der Waals surface area contributed by atoms with Gasteiger partial charge in [0.2, 0.25) is 0 Å². The van der Waals surface area contributed by atoms with Crippen molar-refractivity contribution in [2.24, 2.45) is 5.92 Å². The molecule has 0 saturated carbocycles. The molecule has 8 heteroatoms. The Kier molecular flexibility index (Phi) is 4.69. The molecule has 20 heavy (non-hydrogen) atoms. The van der Waals surface area contributed by atoms with Crippen molar-refractivity contribution in [3.05, 3.63) is 34.4 Å². The third-order valence-electron chi connectivity index (χ3n) is 2.38. The molecule has 0 aromatic heterocycles. The van der Waals surface area contributed by atoms with Gasteiger partial charge in [0.05, 0.1) is 5.56 Å². The Morgan fingerprint density at radius 2 is 1.45 bits per heavy atom. The van der Waals surface area contributed by atoms with Gasteiger partial charge in [0.15, 0.2) is 23.3 Å². The summed E-state index contributed by atoms with van der Waals surface area (Å²) in [5.41, 5.74) is -2.91. The SMILES string of the molecule is CC(C)CNC(=O)c1c(F)c(F)c(F)c(F)c1C(=O)O. The summed E-state index contributed by atoms with van der Waals surface area (Å²) in [6.45, 7) is 3.42. The van der Waals surface area contributed by atoms with Crippen LogP contribution in [-0.4, -0.2) is 23.5 Å². The summed E-state index contributed by atoms with van der Waals surface area (Å²) in [7, 11) is 0. The van der Waals surface area contributed by atoms with Crippen molar-refractivity contribution in [2.45, 2.75) is 13.8 Å². The van der Waals surface area contributed by atoms with Crippen LogP contribution in [0.15, 0.2) is 0 Å². The topological polar surface area (TPSA) is 66.4 Å². The predicted octanol–water partition coefficient (Wildman–Crippen LogP) is 2.33. The molecular weight excluding hydrogens is 282 g/mol. The van der Waals surface area contributed by atoms with E-state index in [-0.39, 0.29) is 12.5 Å². The molecule has 0 unspecified atom stereocenters. The first-order valence-electron chi connectivity index (χ1n) is 5.55. The van der Waals surface area contributed by atoms with Crippen molar-refractivity contribution in [1.82, 2.24) is 5.32 Å². The number of nitrogens with one attached hydrogen (secondary N) is 1. The van der Waals surface area contributed by atoms with Crippen LogP contribution < -0.4 is 5.32 Å². The number of carbonyl (C=O) groups excluding carboxylic acids is 1. The van der Waals surface area contributed by atoms with Crippen LogP contribution in [0.1, 0.15) is 34.6 Å². The standard InChI is InChI=1S/C12H11F4NO3/c1-4(2)3-17-11(18)5-6(12(19)20)8(14)10(16)9(15)7(5)13/h4H,3H2,1-2H3,(H,17,18)(H,19,20). The number of benzene rings is 1. The van der Waals surface area contributed by atoms with Crippen LogP contribution in [0.2, 0.25) is 0 Å². The summed E-state index contributed by atoms with van der Waals surface area (Å²) in [6.07, 6.45) is 0. The van der Waals surface area contributed by atoms with Crippen molar-refractivity contribution >= 4 is 11.9 Å². The molecule has 2 N–H and O–H groups in total. The van der Waals surface area contributed by atoms with Crippen LogP contribution in [-0.2, 0) is 0 Å². The van der Waals surface area contributed by atoms with Crippen LogP contribution in [0, 0.1) is 29.2 Å². The number of amides is 1. The van der Waals surface area contributed by atoms with E-state index in [1.54, 1.807) is 13.8 Å². The molecular formula is C12H11F4NO3. The molecule has 1 aromatic carbocycles. The van der Waals surface area contributed by atoms with Crippen molar-refractivity contribution in [3.63, 3.8) is 0 Å². The van der Waals surface area contributed by atoms with Gasteiger partial charge in [0.25, 0.3) is 5.91 Å². The summed E-state index contributed by atoms with van der Waals surface area (Å²) in [5, 5.41) is 10.8. The lowest BCUT2D eigenvalue weighted by atomic mass is 10.0. The Balaban J connectivity index is 3.44. The lowest BCUT2D eigenvalue weighted by molar-refractivity contribution is 0.0682. The van der Waals surface area contributed by atoms with Gasteiger partial charge in [-0.2, -0.15) is 0 Å². The summed E-state index contributed by atoms with van der Waals surface area (Å²) < 4.78 is 53.0. The number of carboxylic acid groups (broad SMARTS) is 1. The Morgan fingerprint density at radius 3 is 1.85 bits per heavy atom. The molecule has 4 nitrogen and oxygen atoms in total. The number of aromatic carboxylic acids is 1. The second-order valence-corrected chi connectivity index (χ2v) is 4.41. The number of carboxylic acids is 1. The molecule has 0 saturated heterocycles. The predicted molar refractivity (Wildman–Crippen MR) is 60.4 cm³/mol. The largest absolute Gasteiger partial charge is 0.478 e. The van der Waals surface area contributed by atoms with E-state index in [4.69, 9.17) is 5.11 Å². The Bertz CT molecular complexity index is 573. The molecule has 0 aliphatic rings. The van der Waals surface area contributed by atoms with Gasteiger partial charge >= 0.3 is 5.97 Å². The highest BCUT2D eigenvalue weighted by molar-refractivity contribution is 6.05. The third-order valence-corrected chi connectivity index (χ3v) is 2.38. The van der Waals surface area contributed by atoms with Gasteiger partial charge in [-0.25, -0.2) is 22.4 Å². The van der Waals surface area contributed by atoms with E-state index in [1.165, 1.54) is 0 Å². The summed E-state index contributed by atoms with van der Waals surface area (Å²) in [4.78, 5) is 22.5. The monoisotopic (exact) mass is 293 g/mol. The number of halogens is 4. The second kappa shape index (κ2) is 5.89. The van der Waals surface area contributed by atoms with Crippen molar-refractivity contribution in [1.29, 1.82) is 0 Å². The van der Waals surface area contributed by atoms with Crippen LogP contribution in [0.25, 0.3) is 0 Å². The molecule has 0 spiro atoms. The van der Waals surface area contributed by atoms with Gasteiger partial charge in [-0.1, -0.05) is 13.8 Å². The molecule has 0 aliphatic heterocycles. The van der Waals surface area contributed by atoms with E-state index in [9.17, 15) is 27.2 Å². The minimum Gasteiger partial charge on any atom is -0.478 e. The summed E-state index contributed by atoms with van der Waals surface area (Å²) in [5.74, 6) is -12.1. The first-order valence-corrected chi connectivity index (χ1v) is 5.55.